The van der Waals surface area contributed by atoms with Gasteiger partial charge in [-0.3, -0.25) is 4.99 Å². The fourth-order valence-corrected chi connectivity index (χ4v) is 3.27. The van der Waals surface area contributed by atoms with Gasteiger partial charge in [0.15, 0.2) is 0 Å². The minimum absolute atomic E-state index is 0.116. The monoisotopic (exact) mass is 389 g/mol. The molecule has 0 unspecified atom stereocenters. The molecule has 3 aromatic rings. The molecule has 0 aromatic heterocycles. The van der Waals surface area contributed by atoms with Crippen LogP contribution in [0.2, 0.25) is 19.6 Å². The lowest BCUT2D eigenvalue weighted by Crippen LogP contribution is -2.26. The number of esters is 1. The van der Waals surface area contributed by atoms with Crippen molar-refractivity contribution in [3.63, 3.8) is 0 Å². The van der Waals surface area contributed by atoms with E-state index < -0.39 is 14.3 Å². The Hall–Kier alpha value is -3.18. The van der Waals surface area contributed by atoms with E-state index in [1.54, 1.807) is 30.5 Å². The second-order valence-electron chi connectivity index (χ2n) is 7.30. The van der Waals surface area contributed by atoms with E-state index in [4.69, 9.17) is 9.16 Å². The van der Waals surface area contributed by atoms with Gasteiger partial charge in [-0.1, -0.05) is 54.6 Å². The SMILES string of the molecule is C[Si](C)(C)O/C(=C\N=Cc1ccc2ccccc2c1)OC(=O)c1ccccc1. The summed E-state index contributed by atoms with van der Waals surface area (Å²) < 4.78 is 11.3. The molecule has 0 aliphatic rings. The van der Waals surface area contributed by atoms with E-state index in [9.17, 15) is 4.79 Å². The van der Waals surface area contributed by atoms with Crippen molar-refractivity contribution in [2.24, 2.45) is 4.99 Å². The predicted molar refractivity (Wildman–Crippen MR) is 116 cm³/mol. The molecule has 0 saturated carbocycles. The molecule has 0 bridgehead atoms. The highest BCUT2D eigenvalue weighted by Crippen LogP contribution is 2.16. The number of aliphatic imine (C=N–C) groups is 1. The number of benzene rings is 3. The third kappa shape index (κ3) is 5.66. The van der Waals surface area contributed by atoms with Crippen LogP contribution in [0.15, 0.2) is 89.9 Å². The lowest BCUT2D eigenvalue weighted by molar-refractivity contribution is 0.0467. The number of rotatable bonds is 6. The van der Waals surface area contributed by atoms with Crippen LogP contribution in [-0.2, 0) is 9.16 Å². The summed E-state index contributed by atoms with van der Waals surface area (Å²) in [6, 6.07) is 23.1. The molecular weight excluding hydrogens is 366 g/mol. The van der Waals surface area contributed by atoms with E-state index in [1.165, 1.54) is 11.6 Å². The normalized spacial score (nSPS) is 12.3. The number of carbonyl (C=O) groups excluding carboxylic acids is 1. The zero-order chi connectivity index (χ0) is 20.0. The first-order chi connectivity index (χ1) is 13.4. The van der Waals surface area contributed by atoms with Crippen LogP contribution in [-0.4, -0.2) is 20.5 Å². The molecule has 0 aliphatic heterocycles. The Labute approximate surface area is 166 Å². The maximum Gasteiger partial charge on any atom is 0.345 e. The number of fused-ring (bicyclic) bond motifs is 1. The van der Waals surface area contributed by atoms with Gasteiger partial charge in [0.25, 0.3) is 5.95 Å². The third-order valence-electron chi connectivity index (χ3n) is 3.79. The van der Waals surface area contributed by atoms with Crippen molar-refractivity contribution < 1.29 is 14.0 Å². The summed E-state index contributed by atoms with van der Waals surface area (Å²) in [5, 5.41) is 2.32. The second-order valence-corrected chi connectivity index (χ2v) is 11.7. The van der Waals surface area contributed by atoms with E-state index in [0.717, 1.165) is 10.9 Å². The highest BCUT2D eigenvalue weighted by Gasteiger charge is 2.21. The minimum atomic E-state index is -1.97. The van der Waals surface area contributed by atoms with Crippen LogP contribution >= 0.6 is 0 Å². The minimum Gasteiger partial charge on any atom is -0.518 e. The Kier molecular flexibility index (Phi) is 6.06. The van der Waals surface area contributed by atoms with E-state index in [2.05, 4.69) is 29.3 Å². The first-order valence-corrected chi connectivity index (χ1v) is 12.5. The van der Waals surface area contributed by atoms with Crippen molar-refractivity contribution in [3.05, 3.63) is 96.1 Å². The van der Waals surface area contributed by atoms with E-state index in [1.807, 2.05) is 43.9 Å². The molecule has 0 aliphatic carbocycles. The van der Waals surface area contributed by atoms with Crippen LogP contribution in [0.1, 0.15) is 15.9 Å². The Bertz CT molecular complexity index is 1020. The summed E-state index contributed by atoms with van der Waals surface area (Å²) in [7, 11) is -1.97. The molecule has 28 heavy (non-hydrogen) atoms. The van der Waals surface area contributed by atoms with E-state index in [-0.39, 0.29) is 5.95 Å². The van der Waals surface area contributed by atoms with Crippen molar-refractivity contribution in [1.29, 1.82) is 0 Å². The standard InChI is InChI=1S/C23H23NO3Si/c1-28(2,3)27-22(26-23(25)20-10-5-4-6-11-20)17-24-16-18-13-14-19-9-7-8-12-21(19)15-18/h4-17H,1-3H3/b22-17-,24-16?. The highest BCUT2D eigenvalue weighted by molar-refractivity contribution is 6.70. The zero-order valence-corrected chi connectivity index (χ0v) is 17.3. The Balaban J connectivity index is 1.79. The summed E-state index contributed by atoms with van der Waals surface area (Å²) in [6.07, 6.45) is 3.17. The third-order valence-corrected chi connectivity index (χ3v) is 4.60. The summed E-state index contributed by atoms with van der Waals surface area (Å²) >= 11 is 0. The largest absolute Gasteiger partial charge is 0.518 e. The van der Waals surface area contributed by atoms with Gasteiger partial charge >= 0.3 is 5.97 Å². The molecule has 3 aromatic carbocycles. The molecule has 0 fully saturated rings. The predicted octanol–water partition coefficient (Wildman–Crippen LogP) is 5.77. The Morgan fingerprint density at radius 2 is 1.57 bits per heavy atom. The van der Waals surface area contributed by atoms with Crippen molar-refractivity contribution in [2.45, 2.75) is 19.6 Å². The van der Waals surface area contributed by atoms with Crippen molar-refractivity contribution in [2.75, 3.05) is 0 Å². The Morgan fingerprint density at radius 1 is 0.893 bits per heavy atom. The molecule has 5 heteroatoms. The summed E-state index contributed by atoms with van der Waals surface area (Å²) in [4.78, 5) is 16.7. The fourth-order valence-electron chi connectivity index (χ4n) is 2.57. The molecule has 4 nitrogen and oxygen atoms in total. The van der Waals surface area contributed by atoms with Gasteiger partial charge in [-0.05, 0) is 54.2 Å². The lowest BCUT2D eigenvalue weighted by Gasteiger charge is -2.20. The second kappa shape index (κ2) is 8.67. The molecule has 0 saturated heterocycles. The van der Waals surface area contributed by atoms with Crippen LogP contribution in [0.25, 0.3) is 10.8 Å². The molecular formula is C23H23NO3Si. The smallest absolute Gasteiger partial charge is 0.345 e. The highest BCUT2D eigenvalue weighted by atomic mass is 28.4. The topological polar surface area (TPSA) is 47.9 Å². The molecule has 3 rings (SSSR count). The number of ether oxygens (including phenoxy) is 1. The molecule has 0 amide bonds. The lowest BCUT2D eigenvalue weighted by atomic mass is 10.1. The van der Waals surface area contributed by atoms with Crippen LogP contribution in [0.4, 0.5) is 0 Å². The van der Waals surface area contributed by atoms with Crippen LogP contribution < -0.4 is 0 Å². The van der Waals surface area contributed by atoms with Gasteiger partial charge in [-0.2, -0.15) is 0 Å². The van der Waals surface area contributed by atoms with Gasteiger partial charge < -0.3 is 9.16 Å². The Morgan fingerprint density at radius 3 is 2.29 bits per heavy atom. The van der Waals surface area contributed by atoms with Crippen molar-refractivity contribution >= 4 is 31.3 Å². The van der Waals surface area contributed by atoms with Crippen LogP contribution in [0, 0.1) is 0 Å². The quantitative estimate of drug-likeness (QED) is 0.233. The van der Waals surface area contributed by atoms with Gasteiger partial charge in [-0.15, -0.1) is 0 Å². The summed E-state index contributed by atoms with van der Waals surface area (Å²) in [6.45, 7) is 6.05. The van der Waals surface area contributed by atoms with Gasteiger partial charge in [0.1, 0.15) is 6.20 Å². The molecule has 0 heterocycles. The van der Waals surface area contributed by atoms with Gasteiger partial charge in [0.2, 0.25) is 8.32 Å². The molecule has 0 N–H and O–H groups in total. The maximum atomic E-state index is 12.3. The van der Waals surface area contributed by atoms with Crippen LogP contribution in [0.3, 0.4) is 0 Å². The summed E-state index contributed by atoms with van der Waals surface area (Å²) in [5.74, 6) is -0.351. The van der Waals surface area contributed by atoms with Crippen molar-refractivity contribution in [1.82, 2.24) is 0 Å². The van der Waals surface area contributed by atoms with Gasteiger partial charge in [0, 0.05) is 6.21 Å². The first-order valence-electron chi connectivity index (χ1n) is 9.09. The molecule has 0 spiro atoms. The fraction of sp³-hybridized carbons (Fsp3) is 0.130. The zero-order valence-electron chi connectivity index (χ0n) is 16.3. The molecule has 142 valence electrons. The van der Waals surface area contributed by atoms with E-state index in [0.29, 0.717) is 5.56 Å². The summed E-state index contributed by atoms with van der Waals surface area (Å²) in [5.41, 5.74) is 1.42. The number of nitrogens with zero attached hydrogens (tertiary/aromatic N) is 1. The number of carbonyl (C=O) groups is 1. The van der Waals surface area contributed by atoms with Gasteiger partial charge in [-0.25, -0.2) is 4.79 Å². The number of hydrogen-bond donors (Lipinski definition) is 0. The molecule has 0 atom stereocenters. The van der Waals surface area contributed by atoms with Gasteiger partial charge in [0.05, 0.1) is 5.56 Å². The molecule has 0 radical (unpaired) electrons. The van der Waals surface area contributed by atoms with Crippen LogP contribution in [0.5, 0.6) is 0 Å². The average Bonchev–Trinajstić information content (AvgIpc) is 2.67. The number of hydrogen-bond acceptors (Lipinski definition) is 4. The first kappa shape index (κ1) is 19.6. The van der Waals surface area contributed by atoms with Crippen molar-refractivity contribution in [3.8, 4) is 0 Å². The average molecular weight is 390 g/mol. The van der Waals surface area contributed by atoms with E-state index >= 15 is 0 Å². The maximum absolute atomic E-state index is 12.3.